The van der Waals surface area contributed by atoms with Crippen LogP contribution in [0.3, 0.4) is 0 Å². The number of fused-ring (bicyclic) bond motifs is 1. The zero-order valence-corrected chi connectivity index (χ0v) is 30.0. The van der Waals surface area contributed by atoms with Crippen molar-refractivity contribution in [2.45, 2.75) is 69.1 Å². The molecule has 0 aromatic heterocycles. The summed E-state index contributed by atoms with van der Waals surface area (Å²) in [4.78, 5) is 45.6. The maximum absolute atomic E-state index is 14.3. The molecule has 2 fully saturated rings. The lowest BCUT2D eigenvalue weighted by atomic mass is 9.85. The molecule has 3 heterocycles. The van der Waals surface area contributed by atoms with Gasteiger partial charge in [-0.25, -0.2) is 0 Å². The van der Waals surface area contributed by atoms with Crippen molar-refractivity contribution in [1.82, 2.24) is 10.2 Å². The number of hydrogen-bond donors (Lipinski definition) is 3. The Hall–Kier alpha value is -3.74. The highest BCUT2D eigenvalue weighted by atomic mass is 28.4. The molecule has 3 aromatic rings. The second-order valence-electron chi connectivity index (χ2n) is 14.2. The van der Waals surface area contributed by atoms with Gasteiger partial charge in [0.1, 0.15) is 17.4 Å². The Morgan fingerprint density at radius 1 is 1.06 bits per heavy atom. The largest absolute Gasteiger partial charge is 0.490 e. The fourth-order valence-corrected chi connectivity index (χ4v) is 9.85. The summed E-state index contributed by atoms with van der Waals surface area (Å²) in [6.07, 6.45) is 0.693. The summed E-state index contributed by atoms with van der Waals surface area (Å²) in [6, 6.07) is 25.7. The number of benzene rings is 3. The van der Waals surface area contributed by atoms with E-state index in [0.29, 0.717) is 19.0 Å². The molecule has 49 heavy (non-hydrogen) atoms. The van der Waals surface area contributed by atoms with Crippen molar-refractivity contribution < 1.29 is 29.0 Å². The van der Waals surface area contributed by atoms with Crippen LogP contribution in [0.5, 0.6) is 5.75 Å². The SMILES string of the molecule is CO[C@H]1c2cc(N3CN(c4ccccc4)C4(CCNCC4)C3=O)ccc2O[C@@H](C(CC(=O)N(CCO)Cc2ccccc2)[Si](C)(C)O)[C@@H]1C. The second-order valence-corrected chi connectivity index (χ2v) is 18.3. The quantitative estimate of drug-likeness (QED) is 0.249. The Morgan fingerprint density at radius 3 is 2.37 bits per heavy atom. The van der Waals surface area contributed by atoms with Gasteiger partial charge in [0, 0.05) is 55.0 Å². The van der Waals surface area contributed by atoms with Gasteiger partial charge < -0.3 is 34.5 Å². The van der Waals surface area contributed by atoms with Crippen molar-refractivity contribution in [3.63, 3.8) is 0 Å². The molecule has 3 aromatic carbocycles. The van der Waals surface area contributed by atoms with Crippen LogP contribution >= 0.6 is 0 Å². The van der Waals surface area contributed by atoms with Gasteiger partial charge in [-0.3, -0.25) is 14.5 Å². The predicted octanol–water partition coefficient (Wildman–Crippen LogP) is 4.68. The van der Waals surface area contributed by atoms with E-state index in [4.69, 9.17) is 9.47 Å². The second kappa shape index (κ2) is 14.6. The molecule has 11 heteroatoms. The third-order valence-electron chi connectivity index (χ3n) is 10.7. The predicted molar refractivity (Wildman–Crippen MR) is 193 cm³/mol. The number of amides is 2. The first-order valence-electron chi connectivity index (χ1n) is 17.4. The molecule has 0 bridgehead atoms. The Labute approximate surface area is 290 Å². The van der Waals surface area contributed by atoms with Crippen LogP contribution in [0.2, 0.25) is 18.6 Å². The standard InChI is InChI=1S/C38H50N4O6Si/c1-27-35(47-2)31-23-30(41-26-42(29-13-9-6-10-14-29)38(37(41)45)17-19-39-20-18-38)15-16-32(31)48-36(27)33(49(3,4)46)24-34(44)40(21-22-43)25-28-11-7-5-8-12-28/h5-16,23,27,33,35-36,39,43,46H,17-22,24-26H2,1-4H3/t27-,33?,35-,36-/m1/s1. The Kier molecular flexibility index (Phi) is 10.5. The van der Waals surface area contributed by atoms with Crippen LogP contribution in [0, 0.1) is 5.92 Å². The highest BCUT2D eigenvalue weighted by molar-refractivity contribution is 6.71. The molecule has 10 nitrogen and oxygen atoms in total. The monoisotopic (exact) mass is 686 g/mol. The Balaban J connectivity index is 1.27. The lowest BCUT2D eigenvalue weighted by Crippen LogP contribution is -2.55. The minimum Gasteiger partial charge on any atom is -0.490 e. The van der Waals surface area contributed by atoms with E-state index in [1.807, 2.05) is 91.6 Å². The average Bonchev–Trinajstić information content (AvgIpc) is 3.37. The first-order chi connectivity index (χ1) is 23.6. The number of nitrogens with one attached hydrogen (secondary N) is 1. The smallest absolute Gasteiger partial charge is 0.254 e. The van der Waals surface area contributed by atoms with Crippen LogP contribution in [0.15, 0.2) is 78.9 Å². The number of para-hydroxylation sites is 1. The van der Waals surface area contributed by atoms with Crippen LogP contribution in [-0.2, 0) is 20.9 Å². The maximum Gasteiger partial charge on any atom is 0.254 e. The first kappa shape index (κ1) is 35.1. The number of ether oxygens (including phenoxy) is 2. The molecule has 4 atom stereocenters. The molecular weight excluding hydrogens is 637 g/mol. The number of rotatable bonds is 11. The van der Waals surface area contributed by atoms with E-state index in [1.54, 1.807) is 12.0 Å². The molecule has 3 aliphatic heterocycles. The normalized spacial score (nSPS) is 22.5. The number of nitrogens with zero attached hydrogens (tertiary/aromatic N) is 3. The third kappa shape index (κ3) is 7.00. The zero-order valence-electron chi connectivity index (χ0n) is 29.0. The molecule has 0 radical (unpaired) electrons. The minimum absolute atomic E-state index is 0.0932. The average molecular weight is 687 g/mol. The molecule has 0 aliphatic carbocycles. The molecule has 1 spiro atoms. The van der Waals surface area contributed by atoms with Gasteiger partial charge in [-0.1, -0.05) is 55.5 Å². The summed E-state index contributed by atoms with van der Waals surface area (Å²) in [5.41, 5.74) is 2.60. The molecule has 3 N–H and O–H groups in total. The fourth-order valence-electron chi connectivity index (χ4n) is 8.00. The Morgan fingerprint density at radius 2 is 1.73 bits per heavy atom. The van der Waals surface area contributed by atoms with Gasteiger partial charge in [-0.05, 0) is 74.9 Å². The van der Waals surface area contributed by atoms with E-state index in [1.165, 1.54) is 0 Å². The molecule has 6 rings (SSSR count). The highest BCUT2D eigenvalue weighted by Crippen LogP contribution is 2.49. The number of carbonyl (C=O) groups excluding carboxylic acids is 2. The molecular formula is C38H50N4O6Si. The summed E-state index contributed by atoms with van der Waals surface area (Å²) < 4.78 is 12.9. The van der Waals surface area contributed by atoms with Crippen LogP contribution in [0.25, 0.3) is 0 Å². The van der Waals surface area contributed by atoms with Gasteiger partial charge in [0.05, 0.1) is 19.4 Å². The summed E-state index contributed by atoms with van der Waals surface area (Å²) in [7, 11) is -1.29. The molecule has 1 unspecified atom stereocenters. The number of carbonyl (C=O) groups is 2. The topological polar surface area (TPSA) is 115 Å². The van der Waals surface area contributed by atoms with Gasteiger partial charge in [-0.2, -0.15) is 0 Å². The van der Waals surface area contributed by atoms with Crippen molar-refractivity contribution in [2.75, 3.05) is 49.8 Å². The van der Waals surface area contributed by atoms with E-state index in [2.05, 4.69) is 22.3 Å². The lowest BCUT2D eigenvalue weighted by molar-refractivity contribution is -0.133. The van der Waals surface area contributed by atoms with Gasteiger partial charge in [-0.15, -0.1) is 0 Å². The van der Waals surface area contributed by atoms with Gasteiger partial charge in [0.2, 0.25) is 5.91 Å². The Bertz CT molecular complexity index is 1600. The van der Waals surface area contributed by atoms with E-state index in [-0.39, 0.29) is 43.4 Å². The number of aliphatic hydroxyl groups excluding tert-OH is 1. The van der Waals surface area contributed by atoms with Crippen molar-refractivity contribution in [3.8, 4) is 5.75 Å². The van der Waals surface area contributed by atoms with Crippen molar-refractivity contribution in [3.05, 3.63) is 90.0 Å². The molecule has 262 valence electrons. The summed E-state index contributed by atoms with van der Waals surface area (Å²) >= 11 is 0. The van der Waals surface area contributed by atoms with Crippen LogP contribution in [-0.4, -0.2) is 86.6 Å². The van der Waals surface area contributed by atoms with Crippen LogP contribution in [0.1, 0.15) is 43.4 Å². The van der Waals surface area contributed by atoms with Gasteiger partial charge >= 0.3 is 0 Å². The minimum atomic E-state index is -2.96. The van der Waals surface area contributed by atoms with Gasteiger partial charge in [0.15, 0.2) is 8.32 Å². The maximum atomic E-state index is 14.3. The van der Waals surface area contributed by atoms with Crippen molar-refractivity contribution in [1.29, 1.82) is 0 Å². The summed E-state index contributed by atoms with van der Waals surface area (Å²) in [6.45, 7) is 8.18. The molecule has 2 amide bonds. The summed E-state index contributed by atoms with van der Waals surface area (Å²) in [5.74, 6) is 0.402. The van der Waals surface area contributed by atoms with Crippen molar-refractivity contribution >= 4 is 31.5 Å². The molecule has 2 saturated heterocycles. The number of piperidine rings is 1. The van der Waals surface area contributed by atoms with Crippen LogP contribution < -0.4 is 19.9 Å². The third-order valence-corrected chi connectivity index (χ3v) is 13.1. The molecule has 3 aliphatic rings. The van der Waals surface area contributed by atoms with E-state index in [0.717, 1.165) is 48.4 Å². The van der Waals surface area contributed by atoms with E-state index >= 15 is 0 Å². The lowest BCUT2D eigenvalue weighted by Gasteiger charge is -2.44. The van der Waals surface area contributed by atoms with E-state index < -0.39 is 25.5 Å². The number of methoxy groups -OCH3 is 1. The highest BCUT2D eigenvalue weighted by Gasteiger charge is 2.54. The molecule has 0 saturated carbocycles. The zero-order chi connectivity index (χ0) is 34.8. The van der Waals surface area contributed by atoms with Crippen LogP contribution in [0.4, 0.5) is 11.4 Å². The number of anilines is 2. The first-order valence-corrected chi connectivity index (χ1v) is 20.4. The van der Waals surface area contributed by atoms with Crippen molar-refractivity contribution in [2.24, 2.45) is 5.92 Å². The van der Waals surface area contributed by atoms with E-state index in [9.17, 15) is 19.5 Å². The number of aliphatic hydroxyl groups is 1. The van der Waals surface area contributed by atoms with Gasteiger partial charge in [0.25, 0.3) is 5.91 Å². The fraction of sp³-hybridized carbons (Fsp3) is 0.474. The number of hydrogen-bond acceptors (Lipinski definition) is 8. The summed E-state index contributed by atoms with van der Waals surface area (Å²) in [5, 5.41) is 13.2.